The molecule has 22 heavy (non-hydrogen) atoms. The molecule has 0 unspecified atom stereocenters. The van der Waals surface area contributed by atoms with Crippen LogP contribution in [0, 0.1) is 0 Å². The van der Waals surface area contributed by atoms with Gasteiger partial charge in [0.25, 0.3) is 0 Å². The quantitative estimate of drug-likeness (QED) is 0.669. The van der Waals surface area contributed by atoms with Gasteiger partial charge in [-0.05, 0) is 12.8 Å². The van der Waals surface area contributed by atoms with Crippen molar-refractivity contribution in [1.29, 1.82) is 0 Å². The van der Waals surface area contributed by atoms with Crippen LogP contribution in [-0.4, -0.2) is 43.5 Å². The van der Waals surface area contributed by atoms with E-state index in [-0.39, 0.29) is 30.7 Å². The van der Waals surface area contributed by atoms with Gasteiger partial charge >= 0.3 is 0 Å². The van der Waals surface area contributed by atoms with E-state index in [4.69, 9.17) is 69.6 Å². The van der Waals surface area contributed by atoms with E-state index < -0.39 is 7.59 Å². The molecule has 1 aliphatic rings. The number of carbonyl (C=O) groups is 2. The second kappa shape index (κ2) is 8.65. The second-order valence-corrected chi connectivity index (χ2v) is 9.98. The molecule has 0 aromatic carbocycles. The highest BCUT2D eigenvalue weighted by Crippen LogP contribution is 2.30. The van der Waals surface area contributed by atoms with Gasteiger partial charge in [0.05, 0.1) is 12.8 Å². The fraction of sp³-hybridized carbons (Fsp3) is 0.818. The van der Waals surface area contributed by atoms with E-state index in [2.05, 4.69) is 10.7 Å². The van der Waals surface area contributed by atoms with Crippen molar-refractivity contribution < 1.29 is 9.59 Å². The number of hydrogen-bond donors (Lipinski definition) is 2. The van der Waals surface area contributed by atoms with Crippen LogP contribution < -0.4 is 10.7 Å². The molecule has 0 bridgehead atoms. The second-order valence-electron chi connectivity index (χ2n) is 4.95. The zero-order valence-electron chi connectivity index (χ0n) is 11.4. The van der Waals surface area contributed by atoms with Gasteiger partial charge in [0, 0.05) is 19.1 Å². The molecule has 0 atom stereocenters. The Hall–Kier alpha value is 0.640. The van der Waals surface area contributed by atoms with Crippen molar-refractivity contribution in [1.82, 2.24) is 15.8 Å². The first-order chi connectivity index (χ1) is 9.94. The standard InChI is InChI=1S/C11H15Cl6N3O2/c12-10(13,14)5-8(21)18-7-1-3-20(4-2-7)19-9(22)6-11(15,16)17/h7H,1-6H2,(H,18,21)(H,19,22). The Morgan fingerprint density at radius 2 is 1.36 bits per heavy atom. The Kier molecular flexibility index (Phi) is 8.14. The topological polar surface area (TPSA) is 61.4 Å². The van der Waals surface area contributed by atoms with E-state index in [1.807, 2.05) is 0 Å². The summed E-state index contributed by atoms with van der Waals surface area (Å²) in [6.07, 6.45) is 0.884. The average Bonchev–Trinajstić information content (AvgIpc) is 2.26. The van der Waals surface area contributed by atoms with Gasteiger partial charge < -0.3 is 5.32 Å². The van der Waals surface area contributed by atoms with Gasteiger partial charge in [-0.3, -0.25) is 15.0 Å². The van der Waals surface area contributed by atoms with Crippen molar-refractivity contribution in [3.05, 3.63) is 0 Å². The molecule has 1 heterocycles. The Balaban J connectivity index is 2.29. The smallest absolute Gasteiger partial charge is 0.238 e. The SMILES string of the molecule is O=C(CC(Cl)(Cl)Cl)NC1CCN(NC(=O)CC(Cl)(Cl)Cl)CC1. The third-order valence-corrected chi connectivity index (χ3v) is 3.67. The minimum atomic E-state index is -1.62. The van der Waals surface area contributed by atoms with Crippen LogP contribution in [0.5, 0.6) is 0 Å². The summed E-state index contributed by atoms with van der Waals surface area (Å²) in [7, 11) is 0. The molecular formula is C11H15Cl6N3O2. The lowest BCUT2D eigenvalue weighted by Gasteiger charge is -2.32. The van der Waals surface area contributed by atoms with E-state index >= 15 is 0 Å². The molecule has 0 aromatic heterocycles. The average molecular weight is 434 g/mol. The first-order valence-corrected chi connectivity index (χ1v) is 8.69. The monoisotopic (exact) mass is 431 g/mol. The van der Waals surface area contributed by atoms with E-state index in [0.29, 0.717) is 25.9 Å². The van der Waals surface area contributed by atoms with Crippen LogP contribution in [0.25, 0.3) is 0 Å². The number of amides is 2. The third-order valence-electron chi connectivity index (χ3n) is 2.86. The molecule has 1 rings (SSSR count). The summed E-state index contributed by atoms with van der Waals surface area (Å²) >= 11 is 33.3. The maximum atomic E-state index is 11.7. The normalized spacial score (nSPS) is 18.1. The number of nitrogens with one attached hydrogen (secondary N) is 2. The number of alkyl halides is 6. The molecule has 2 N–H and O–H groups in total. The summed E-state index contributed by atoms with van der Waals surface area (Å²) in [5.41, 5.74) is 2.65. The number of carbonyl (C=O) groups excluding carboxylic acids is 2. The van der Waals surface area contributed by atoms with Crippen LogP contribution in [0.4, 0.5) is 0 Å². The molecule has 0 aliphatic carbocycles. The van der Waals surface area contributed by atoms with Crippen LogP contribution >= 0.6 is 69.6 Å². The molecule has 5 nitrogen and oxygen atoms in total. The lowest BCUT2D eigenvalue weighted by molar-refractivity contribution is -0.127. The van der Waals surface area contributed by atoms with Gasteiger partial charge in [0.1, 0.15) is 0 Å². The minimum Gasteiger partial charge on any atom is -0.353 e. The van der Waals surface area contributed by atoms with Gasteiger partial charge in [-0.1, -0.05) is 69.6 Å². The van der Waals surface area contributed by atoms with Crippen LogP contribution in [0.3, 0.4) is 0 Å². The number of rotatable bonds is 4. The summed E-state index contributed by atoms with van der Waals surface area (Å²) in [6, 6.07) is -0.0267. The van der Waals surface area contributed by atoms with Crippen molar-refractivity contribution in [2.45, 2.75) is 39.3 Å². The number of halogens is 6. The highest BCUT2D eigenvalue weighted by molar-refractivity contribution is 6.68. The fourth-order valence-electron chi connectivity index (χ4n) is 1.99. The zero-order valence-corrected chi connectivity index (χ0v) is 15.9. The molecule has 1 fully saturated rings. The third kappa shape index (κ3) is 9.71. The first-order valence-electron chi connectivity index (χ1n) is 6.42. The summed E-state index contributed by atoms with van der Waals surface area (Å²) in [6.45, 7) is 1.12. The minimum absolute atomic E-state index is 0.0267. The molecule has 1 aliphatic heterocycles. The maximum Gasteiger partial charge on any atom is 0.238 e. The van der Waals surface area contributed by atoms with Crippen LogP contribution in [-0.2, 0) is 9.59 Å². The van der Waals surface area contributed by atoms with Crippen molar-refractivity contribution in [3.8, 4) is 0 Å². The van der Waals surface area contributed by atoms with Gasteiger partial charge in [-0.15, -0.1) is 0 Å². The number of nitrogens with zero attached hydrogens (tertiary/aromatic N) is 1. The van der Waals surface area contributed by atoms with E-state index in [9.17, 15) is 9.59 Å². The number of hydrogen-bond acceptors (Lipinski definition) is 3. The Bertz CT molecular complexity index is 364. The van der Waals surface area contributed by atoms with E-state index in [1.165, 1.54) is 0 Å². The first kappa shape index (κ1) is 20.7. The lowest BCUT2D eigenvalue weighted by Crippen LogP contribution is -2.51. The largest absolute Gasteiger partial charge is 0.353 e. The van der Waals surface area contributed by atoms with Gasteiger partial charge in [-0.2, -0.15) is 0 Å². The lowest BCUT2D eigenvalue weighted by atomic mass is 10.1. The van der Waals surface area contributed by atoms with E-state index in [0.717, 1.165) is 0 Å². The molecule has 11 heteroatoms. The predicted molar refractivity (Wildman–Crippen MR) is 90.7 cm³/mol. The molecule has 2 amide bonds. The summed E-state index contributed by atoms with van der Waals surface area (Å²) in [5, 5.41) is 4.51. The number of hydrazine groups is 1. The molecule has 1 saturated heterocycles. The summed E-state index contributed by atoms with van der Waals surface area (Å²) < 4.78 is -3.22. The van der Waals surface area contributed by atoms with Crippen LogP contribution in [0.15, 0.2) is 0 Å². The Morgan fingerprint density at radius 1 is 0.909 bits per heavy atom. The van der Waals surface area contributed by atoms with Gasteiger partial charge in [0.15, 0.2) is 7.59 Å². The van der Waals surface area contributed by atoms with Crippen molar-refractivity contribution in [3.63, 3.8) is 0 Å². The Labute approximate surface area is 158 Å². The number of piperidine rings is 1. The highest BCUT2D eigenvalue weighted by Gasteiger charge is 2.28. The van der Waals surface area contributed by atoms with Crippen molar-refractivity contribution in [2.24, 2.45) is 0 Å². The summed E-state index contributed by atoms with van der Waals surface area (Å²) in [4.78, 5) is 23.3. The fourth-order valence-corrected chi connectivity index (χ4v) is 2.72. The molecule has 0 spiro atoms. The highest BCUT2D eigenvalue weighted by atomic mass is 35.6. The van der Waals surface area contributed by atoms with Crippen molar-refractivity contribution in [2.75, 3.05) is 13.1 Å². The zero-order chi connectivity index (χ0) is 17.0. The van der Waals surface area contributed by atoms with E-state index in [1.54, 1.807) is 5.01 Å². The maximum absolute atomic E-state index is 11.7. The van der Waals surface area contributed by atoms with Crippen LogP contribution in [0.1, 0.15) is 25.7 Å². The van der Waals surface area contributed by atoms with Gasteiger partial charge in [0.2, 0.25) is 11.8 Å². The molecule has 0 saturated carbocycles. The van der Waals surface area contributed by atoms with Crippen molar-refractivity contribution >= 4 is 81.4 Å². The van der Waals surface area contributed by atoms with Gasteiger partial charge in [-0.25, -0.2) is 5.01 Å². The molecule has 0 aromatic rings. The van der Waals surface area contributed by atoms with Crippen LogP contribution in [0.2, 0.25) is 0 Å². The predicted octanol–water partition coefficient (Wildman–Crippen LogP) is 3.12. The Morgan fingerprint density at radius 3 is 1.82 bits per heavy atom. The molecule has 128 valence electrons. The molecular weight excluding hydrogens is 419 g/mol. The molecule has 0 radical (unpaired) electrons. The summed E-state index contributed by atoms with van der Waals surface area (Å²) in [5.74, 6) is -0.697.